The van der Waals surface area contributed by atoms with Crippen molar-refractivity contribution in [1.29, 1.82) is 0 Å². The van der Waals surface area contributed by atoms with Gasteiger partial charge < -0.3 is 15.0 Å². The predicted molar refractivity (Wildman–Crippen MR) is 123 cm³/mol. The Morgan fingerprint density at radius 3 is 2.44 bits per heavy atom. The van der Waals surface area contributed by atoms with Crippen LogP contribution in [0.15, 0.2) is 36.7 Å². The van der Waals surface area contributed by atoms with Gasteiger partial charge in [0, 0.05) is 38.9 Å². The molecular weight excluding hydrogens is 445 g/mol. The Labute approximate surface area is 196 Å². The van der Waals surface area contributed by atoms with E-state index in [1.54, 1.807) is 6.07 Å². The number of rotatable bonds is 5. The van der Waals surface area contributed by atoms with E-state index in [1.165, 1.54) is 17.4 Å². The summed E-state index contributed by atoms with van der Waals surface area (Å²) in [6.07, 6.45) is 4.84. The lowest BCUT2D eigenvalue weighted by Crippen LogP contribution is -2.52. The lowest BCUT2D eigenvalue weighted by atomic mass is 10.1. The Morgan fingerprint density at radius 1 is 0.971 bits per heavy atom. The largest absolute Gasteiger partial charge is 0.367 e. The van der Waals surface area contributed by atoms with Crippen molar-refractivity contribution >= 4 is 17.3 Å². The van der Waals surface area contributed by atoms with Gasteiger partial charge in [-0.05, 0) is 56.0 Å². The molecule has 1 aromatic heterocycles. The van der Waals surface area contributed by atoms with E-state index in [4.69, 9.17) is 4.74 Å². The van der Waals surface area contributed by atoms with Crippen molar-refractivity contribution in [2.75, 3.05) is 43.0 Å². The number of nitrogens with zero attached hydrogens (tertiary/aromatic N) is 5. The fourth-order valence-corrected chi connectivity index (χ4v) is 4.57. The summed E-state index contributed by atoms with van der Waals surface area (Å²) in [5.74, 6) is -1.70. The van der Waals surface area contributed by atoms with Crippen LogP contribution in [0.4, 0.5) is 30.5 Å². The van der Waals surface area contributed by atoms with E-state index in [9.17, 15) is 8.78 Å². The fourth-order valence-electron chi connectivity index (χ4n) is 4.57. The first-order valence-corrected chi connectivity index (χ1v) is 11.5. The van der Waals surface area contributed by atoms with E-state index >= 15 is 4.39 Å². The lowest BCUT2D eigenvalue weighted by molar-refractivity contribution is -0.0872. The molecule has 34 heavy (non-hydrogen) atoms. The molecule has 10 heteroatoms. The Balaban J connectivity index is 1.31. The van der Waals surface area contributed by atoms with Gasteiger partial charge in [-0.1, -0.05) is 0 Å². The maximum atomic E-state index is 15.5. The molecule has 0 spiro atoms. The van der Waals surface area contributed by atoms with Gasteiger partial charge in [-0.25, -0.2) is 17.9 Å². The number of nitrogens with one attached hydrogen (secondary N) is 1. The number of hydrogen-bond acceptors (Lipinski definition) is 6. The van der Waals surface area contributed by atoms with Crippen LogP contribution < -0.4 is 10.2 Å². The molecule has 1 N–H and O–H groups in total. The third kappa shape index (κ3) is 4.88. The average molecular weight is 473 g/mol. The molecule has 180 valence electrons. The van der Waals surface area contributed by atoms with Crippen molar-refractivity contribution in [2.24, 2.45) is 0 Å². The number of halogens is 3. The van der Waals surface area contributed by atoms with Crippen molar-refractivity contribution in [1.82, 2.24) is 19.7 Å². The Kier molecular flexibility index (Phi) is 6.42. The number of piperazine rings is 1. The predicted octanol–water partition coefficient (Wildman–Crippen LogP) is 4.39. The van der Waals surface area contributed by atoms with Crippen LogP contribution in [0, 0.1) is 24.4 Å². The van der Waals surface area contributed by atoms with Crippen LogP contribution in [0.25, 0.3) is 5.69 Å². The lowest BCUT2D eigenvalue weighted by Gasteiger charge is -2.41. The molecule has 2 aliphatic rings. The minimum absolute atomic E-state index is 0.124. The van der Waals surface area contributed by atoms with E-state index in [1.807, 2.05) is 17.9 Å². The Bertz CT molecular complexity index is 1140. The molecule has 2 aliphatic heterocycles. The van der Waals surface area contributed by atoms with E-state index in [0.29, 0.717) is 18.8 Å². The Morgan fingerprint density at radius 2 is 1.74 bits per heavy atom. The van der Waals surface area contributed by atoms with Crippen LogP contribution in [-0.4, -0.2) is 58.7 Å². The highest BCUT2D eigenvalue weighted by Crippen LogP contribution is 2.31. The Hall–Kier alpha value is -3.11. The third-order valence-corrected chi connectivity index (χ3v) is 6.27. The number of hydrogen-bond donors (Lipinski definition) is 1. The molecule has 0 aliphatic carbocycles. The standard InChI is InChI=1S/C24H27F3N6O/c1-16-10-20(29-24-28-15-33(30-24)19-13-17(25)12-18(26)14-19)23(27)21(11-16)31-5-7-32(8-6-31)22-4-2-3-9-34-22/h10-15,22H,2-9H2,1H3,(H,29,30). The second kappa shape index (κ2) is 9.63. The number of aromatic nitrogens is 3. The van der Waals surface area contributed by atoms with Gasteiger partial charge in [-0.3, -0.25) is 4.90 Å². The van der Waals surface area contributed by atoms with Crippen molar-refractivity contribution < 1.29 is 17.9 Å². The van der Waals surface area contributed by atoms with Crippen LogP contribution in [0.3, 0.4) is 0 Å². The molecule has 2 fully saturated rings. The number of anilines is 3. The molecule has 5 rings (SSSR count). The fraction of sp³-hybridized carbons (Fsp3) is 0.417. The highest BCUT2D eigenvalue weighted by molar-refractivity contribution is 5.65. The molecule has 0 amide bonds. The summed E-state index contributed by atoms with van der Waals surface area (Å²) in [4.78, 5) is 8.51. The molecule has 2 saturated heterocycles. The minimum Gasteiger partial charge on any atom is -0.367 e. The second-order valence-corrected chi connectivity index (χ2v) is 8.76. The topological polar surface area (TPSA) is 58.5 Å². The second-order valence-electron chi connectivity index (χ2n) is 8.76. The van der Waals surface area contributed by atoms with Gasteiger partial charge in [0.25, 0.3) is 0 Å². The summed E-state index contributed by atoms with van der Waals surface area (Å²) in [5.41, 5.74) is 1.85. The van der Waals surface area contributed by atoms with Crippen LogP contribution in [0.2, 0.25) is 0 Å². The molecule has 2 aromatic carbocycles. The van der Waals surface area contributed by atoms with Crippen molar-refractivity contribution in [3.05, 3.63) is 59.7 Å². The van der Waals surface area contributed by atoms with Gasteiger partial charge in [-0.15, -0.1) is 5.10 Å². The zero-order valence-corrected chi connectivity index (χ0v) is 19.0. The van der Waals surface area contributed by atoms with Gasteiger partial charge >= 0.3 is 0 Å². The summed E-state index contributed by atoms with van der Waals surface area (Å²) in [6, 6.07) is 6.60. The van der Waals surface area contributed by atoms with Gasteiger partial charge in [0.1, 0.15) is 24.2 Å². The minimum atomic E-state index is -0.718. The van der Waals surface area contributed by atoms with E-state index in [-0.39, 0.29) is 29.4 Å². The molecular formula is C24H27F3N6O. The van der Waals surface area contributed by atoms with Crippen LogP contribution in [-0.2, 0) is 4.74 Å². The summed E-state index contributed by atoms with van der Waals surface area (Å²) in [6.45, 7) is 5.76. The molecule has 0 bridgehead atoms. The van der Waals surface area contributed by atoms with Crippen molar-refractivity contribution in [2.45, 2.75) is 32.4 Å². The molecule has 0 radical (unpaired) electrons. The highest BCUT2D eigenvalue weighted by atomic mass is 19.1. The molecule has 1 atom stereocenters. The van der Waals surface area contributed by atoms with Gasteiger partial charge in [0.15, 0.2) is 5.82 Å². The van der Waals surface area contributed by atoms with Crippen LogP contribution in [0.1, 0.15) is 24.8 Å². The smallest absolute Gasteiger partial charge is 0.247 e. The maximum absolute atomic E-state index is 15.5. The molecule has 0 saturated carbocycles. The first kappa shape index (κ1) is 22.7. The number of aryl methyl sites for hydroxylation is 1. The normalized spacial score (nSPS) is 19.4. The summed E-state index contributed by atoms with van der Waals surface area (Å²) in [5, 5.41) is 7.10. The van der Waals surface area contributed by atoms with Crippen molar-refractivity contribution in [3.63, 3.8) is 0 Å². The van der Waals surface area contributed by atoms with Crippen molar-refractivity contribution in [3.8, 4) is 5.69 Å². The average Bonchev–Trinajstić information content (AvgIpc) is 3.30. The third-order valence-electron chi connectivity index (χ3n) is 6.27. The van der Waals surface area contributed by atoms with Crippen LogP contribution >= 0.6 is 0 Å². The monoisotopic (exact) mass is 472 g/mol. The van der Waals surface area contributed by atoms with Gasteiger partial charge in [0.2, 0.25) is 5.95 Å². The zero-order valence-electron chi connectivity index (χ0n) is 19.0. The first-order valence-electron chi connectivity index (χ1n) is 11.5. The SMILES string of the molecule is Cc1cc(Nc2ncn(-c3cc(F)cc(F)c3)n2)c(F)c(N2CCN(C3CCCCO3)CC2)c1. The van der Waals surface area contributed by atoms with E-state index in [2.05, 4.69) is 20.3 Å². The van der Waals surface area contributed by atoms with E-state index in [0.717, 1.165) is 56.3 Å². The van der Waals surface area contributed by atoms with E-state index < -0.39 is 11.6 Å². The van der Waals surface area contributed by atoms with Gasteiger partial charge in [-0.2, -0.15) is 4.98 Å². The summed E-state index contributed by atoms with van der Waals surface area (Å²) in [7, 11) is 0. The quantitative estimate of drug-likeness (QED) is 0.595. The molecule has 1 unspecified atom stereocenters. The molecule has 3 aromatic rings. The van der Waals surface area contributed by atoms with Crippen LogP contribution in [0.5, 0.6) is 0 Å². The molecule has 3 heterocycles. The number of ether oxygens (including phenoxy) is 1. The maximum Gasteiger partial charge on any atom is 0.247 e. The first-order chi connectivity index (χ1) is 16.5. The number of benzene rings is 2. The highest BCUT2D eigenvalue weighted by Gasteiger charge is 2.27. The summed E-state index contributed by atoms with van der Waals surface area (Å²) < 4.78 is 49.7. The summed E-state index contributed by atoms with van der Waals surface area (Å²) >= 11 is 0. The molecule has 7 nitrogen and oxygen atoms in total. The van der Waals surface area contributed by atoms with Gasteiger partial charge in [0.05, 0.1) is 17.1 Å². The zero-order chi connectivity index (χ0) is 23.7.